The van der Waals surface area contributed by atoms with Gasteiger partial charge in [-0.05, 0) is 60.9 Å². The van der Waals surface area contributed by atoms with Gasteiger partial charge in [0.1, 0.15) is 22.9 Å². The minimum absolute atomic E-state index is 0.121. The number of aromatic nitrogens is 2. The number of azo groups is 1. The number of H-pyrrole nitrogens is 2. The van der Waals surface area contributed by atoms with E-state index in [9.17, 15) is 4.79 Å². The molecule has 0 aliphatic heterocycles. The fraction of sp³-hybridized carbons (Fsp3) is 0.192. The highest BCUT2D eigenvalue weighted by Gasteiger charge is 2.18. The fourth-order valence-electron chi connectivity index (χ4n) is 3.70. The van der Waals surface area contributed by atoms with Gasteiger partial charge in [0.2, 0.25) is 0 Å². The number of benzene rings is 3. The number of aromatic amines is 2. The van der Waals surface area contributed by atoms with Gasteiger partial charge in [0.15, 0.2) is 5.69 Å². The van der Waals surface area contributed by atoms with E-state index in [0.29, 0.717) is 40.8 Å². The summed E-state index contributed by atoms with van der Waals surface area (Å²) in [4.78, 5) is 12.6. The number of hydrogen-bond acceptors (Lipinski definition) is 6. The minimum Gasteiger partial charge on any atom is -0.497 e. The standard InChI is InChI=1S/C26H26N4O4/c1-5-34-23-13-16(2)19(17-9-7-6-8-10-17)15-21(23)27-29-25-24(28-30-26(25)31)20-14-18(32-3)11-12-22(20)33-4/h6-15H,5H2,1-4H3,(H2,28,30,31). The van der Waals surface area contributed by atoms with Gasteiger partial charge in [-0.2, -0.15) is 0 Å². The van der Waals surface area contributed by atoms with Crippen LogP contribution in [-0.2, 0) is 0 Å². The summed E-state index contributed by atoms with van der Waals surface area (Å²) in [6.45, 7) is 4.41. The summed E-state index contributed by atoms with van der Waals surface area (Å²) in [5, 5.41) is 14.2. The van der Waals surface area contributed by atoms with Gasteiger partial charge in [0.05, 0.1) is 26.5 Å². The van der Waals surface area contributed by atoms with E-state index in [4.69, 9.17) is 14.2 Å². The fourth-order valence-corrected chi connectivity index (χ4v) is 3.70. The van der Waals surface area contributed by atoms with Crippen molar-refractivity contribution in [3.8, 4) is 39.6 Å². The van der Waals surface area contributed by atoms with Crippen LogP contribution in [0, 0.1) is 6.92 Å². The zero-order chi connectivity index (χ0) is 24.1. The molecule has 1 heterocycles. The van der Waals surface area contributed by atoms with E-state index in [1.165, 1.54) is 0 Å². The van der Waals surface area contributed by atoms with Crippen molar-refractivity contribution in [1.82, 2.24) is 10.2 Å². The first kappa shape index (κ1) is 22.8. The summed E-state index contributed by atoms with van der Waals surface area (Å²) < 4.78 is 16.6. The van der Waals surface area contributed by atoms with Crippen molar-refractivity contribution >= 4 is 11.4 Å². The van der Waals surface area contributed by atoms with E-state index in [1.54, 1.807) is 32.4 Å². The number of nitrogens with zero attached hydrogens (tertiary/aromatic N) is 2. The average Bonchev–Trinajstić information content (AvgIpc) is 3.23. The van der Waals surface area contributed by atoms with Crippen LogP contribution in [0.1, 0.15) is 12.5 Å². The summed E-state index contributed by atoms with van der Waals surface area (Å²) in [6.07, 6.45) is 0. The lowest BCUT2D eigenvalue weighted by atomic mass is 9.99. The lowest BCUT2D eigenvalue weighted by molar-refractivity contribution is 0.341. The van der Waals surface area contributed by atoms with Crippen molar-refractivity contribution < 1.29 is 14.2 Å². The van der Waals surface area contributed by atoms with E-state index >= 15 is 0 Å². The van der Waals surface area contributed by atoms with Gasteiger partial charge in [-0.1, -0.05) is 30.3 Å². The van der Waals surface area contributed by atoms with Crippen LogP contribution in [0.15, 0.2) is 75.7 Å². The molecular formula is C26H26N4O4. The molecule has 0 aliphatic carbocycles. The molecule has 2 N–H and O–H groups in total. The second kappa shape index (κ2) is 10.1. The Hall–Kier alpha value is -4.33. The maximum absolute atomic E-state index is 12.6. The molecule has 0 atom stereocenters. The molecule has 174 valence electrons. The van der Waals surface area contributed by atoms with Crippen LogP contribution in [0.25, 0.3) is 22.4 Å². The van der Waals surface area contributed by atoms with E-state index in [0.717, 1.165) is 16.7 Å². The highest BCUT2D eigenvalue weighted by Crippen LogP contribution is 2.39. The molecule has 0 radical (unpaired) electrons. The maximum atomic E-state index is 12.6. The predicted molar refractivity (Wildman–Crippen MR) is 132 cm³/mol. The zero-order valence-electron chi connectivity index (χ0n) is 19.5. The molecule has 0 unspecified atom stereocenters. The number of nitrogens with one attached hydrogen (secondary N) is 2. The first-order valence-electron chi connectivity index (χ1n) is 10.8. The quantitative estimate of drug-likeness (QED) is 0.308. The number of hydrogen-bond donors (Lipinski definition) is 2. The summed E-state index contributed by atoms with van der Waals surface area (Å²) in [5.74, 6) is 1.77. The van der Waals surface area contributed by atoms with Crippen LogP contribution in [0.5, 0.6) is 17.2 Å². The van der Waals surface area contributed by atoms with Gasteiger partial charge >= 0.3 is 0 Å². The summed E-state index contributed by atoms with van der Waals surface area (Å²) in [7, 11) is 3.13. The Morgan fingerprint density at radius 1 is 0.853 bits per heavy atom. The summed E-state index contributed by atoms with van der Waals surface area (Å²) in [6, 6.07) is 19.2. The smallest absolute Gasteiger partial charge is 0.292 e. The SMILES string of the molecule is CCOc1cc(C)c(-c2ccccc2)cc1N=Nc1c(-c2cc(OC)ccc2OC)[nH][nH]c1=O. The van der Waals surface area contributed by atoms with Crippen molar-refractivity contribution in [1.29, 1.82) is 0 Å². The third kappa shape index (κ3) is 4.56. The molecule has 4 rings (SSSR count). The molecule has 0 saturated heterocycles. The molecule has 0 saturated carbocycles. The Labute approximate surface area is 197 Å². The van der Waals surface area contributed by atoms with Gasteiger partial charge in [-0.25, -0.2) is 0 Å². The summed E-state index contributed by atoms with van der Waals surface area (Å²) in [5.41, 5.74) is 4.42. The molecule has 0 spiro atoms. The van der Waals surface area contributed by atoms with Crippen LogP contribution in [-0.4, -0.2) is 31.0 Å². The Bertz CT molecular complexity index is 1370. The third-order valence-electron chi connectivity index (χ3n) is 5.38. The average molecular weight is 459 g/mol. The Morgan fingerprint density at radius 3 is 2.35 bits per heavy atom. The number of aryl methyl sites for hydroxylation is 1. The molecule has 0 bridgehead atoms. The molecular weight excluding hydrogens is 432 g/mol. The highest BCUT2D eigenvalue weighted by atomic mass is 16.5. The summed E-state index contributed by atoms with van der Waals surface area (Å²) >= 11 is 0. The van der Waals surface area contributed by atoms with Crippen LogP contribution in [0.3, 0.4) is 0 Å². The predicted octanol–water partition coefficient (Wildman–Crippen LogP) is 6.18. The van der Waals surface area contributed by atoms with Crippen LogP contribution in [0.2, 0.25) is 0 Å². The first-order chi connectivity index (χ1) is 16.5. The molecule has 0 aliphatic rings. The van der Waals surface area contributed by atoms with Gasteiger partial charge in [-0.15, -0.1) is 10.2 Å². The van der Waals surface area contributed by atoms with E-state index < -0.39 is 5.56 Å². The number of ether oxygens (including phenoxy) is 3. The van der Waals surface area contributed by atoms with Gasteiger partial charge in [0, 0.05) is 5.56 Å². The normalized spacial score (nSPS) is 11.1. The maximum Gasteiger partial charge on any atom is 0.292 e. The second-order valence-electron chi connectivity index (χ2n) is 7.50. The Morgan fingerprint density at radius 2 is 1.65 bits per heavy atom. The molecule has 34 heavy (non-hydrogen) atoms. The van der Waals surface area contributed by atoms with Crippen molar-refractivity contribution in [2.24, 2.45) is 10.2 Å². The molecule has 8 nitrogen and oxygen atoms in total. The highest BCUT2D eigenvalue weighted by molar-refractivity contribution is 5.78. The van der Waals surface area contributed by atoms with Crippen molar-refractivity contribution in [3.05, 3.63) is 76.6 Å². The molecule has 3 aromatic carbocycles. The molecule has 4 aromatic rings. The third-order valence-corrected chi connectivity index (χ3v) is 5.38. The van der Waals surface area contributed by atoms with Crippen LogP contribution in [0.4, 0.5) is 11.4 Å². The topological polar surface area (TPSA) is 101 Å². The Kier molecular flexibility index (Phi) is 6.77. The van der Waals surface area contributed by atoms with Crippen LogP contribution >= 0.6 is 0 Å². The van der Waals surface area contributed by atoms with Crippen LogP contribution < -0.4 is 19.8 Å². The van der Waals surface area contributed by atoms with Gasteiger partial charge in [-0.3, -0.25) is 15.0 Å². The second-order valence-corrected chi connectivity index (χ2v) is 7.50. The number of methoxy groups -OCH3 is 2. The Balaban J connectivity index is 1.81. The van der Waals surface area contributed by atoms with Crippen molar-refractivity contribution in [2.45, 2.75) is 13.8 Å². The lowest BCUT2D eigenvalue weighted by Gasteiger charge is -2.12. The lowest BCUT2D eigenvalue weighted by Crippen LogP contribution is -1.97. The molecule has 1 aromatic heterocycles. The van der Waals surface area contributed by atoms with Gasteiger partial charge < -0.3 is 14.2 Å². The molecule has 0 fully saturated rings. The zero-order valence-corrected chi connectivity index (χ0v) is 19.5. The number of rotatable bonds is 8. The molecule has 0 amide bonds. The van der Waals surface area contributed by atoms with Crippen molar-refractivity contribution in [3.63, 3.8) is 0 Å². The van der Waals surface area contributed by atoms with E-state index in [1.807, 2.05) is 56.3 Å². The van der Waals surface area contributed by atoms with Crippen molar-refractivity contribution in [2.75, 3.05) is 20.8 Å². The minimum atomic E-state index is -0.406. The van der Waals surface area contributed by atoms with Gasteiger partial charge in [0.25, 0.3) is 5.56 Å². The molecule has 8 heteroatoms. The van der Waals surface area contributed by atoms with E-state index in [2.05, 4.69) is 20.4 Å². The van der Waals surface area contributed by atoms with E-state index in [-0.39, 0.29) is 5.69 Å². The first-order valence-corrected chi connectivity index (χ1v) is 10.8. The monoisotopic (exact) mass is 458 g/mol. The largest absolute Gasteiger partial charge is 0.497 e.